The van der Waals surface area contributed by atoms with Crippen LogP contribution in [0, 0.1) is 13.8 Å². The number of rotatable bonds is 5. The van der Waals surface area contributed by atoms with Gasteiger partial charge in [-0.3, -0.25) is 4.79 Å². The lowest BCUT2D eigenvalue weighted by atomic mass is 10.1. The Morgan fingerprint density at radius 3 is 2.55 bits per heavy atom. The molecule has 0 aliphatic carbocycles. The van der Waals surface area contributed by atoms with Crippen molar-refractivity contribution < 1.29 is 14.3 Å². The maximum atomic E-state index is 10.8. The van der Waals surface area contributed by atoms with Gasteiger partial charge in [-0.1, -0.05) is 23.8 Å². The van der Waals surface area contributed by atoms with Gasteiger partial charge in [0.1, 0.15) is 12.9 Å². The minimum atomic E-state index is 0.476. The van der Waals surface area contributed by atoms with Gasteiger partial charge >= 0.3 is 0 Å². The zero-order chi connectivity index (χ0) is 14.5. The van der Waals surface area contributed by atoms with Crippen molar-refractivity contribution in [3.8, 4) is 11.5 Å². The highest BCUT2D eigenvalue weighted by atomic mass is 16.5. The molecule has 3 nitrogen and oxygen atoms in total. The highest BCUT2D eigenvalue weighted by Gasteiger charge is 2.07. The summed E-state index contributed by atoms with van der Waals surface area (Å²) in [7, 11) is 1.56. The lowest BCUT2D eigenvalue weighted by molar-refractivity contribution is 0.112. The van der Waals surface area contributed by atoms with Gasteiger partial charge in [0.2, 0.25) is 0 Å². The van der Waals surface area contributed by atoms with E-state index in [1.54, 1.807) is 25.3 Å². The summed E-state index contributed by atoms with van der Waals surface area (Å²) in [5.74, 6) is 1.21. The van der Waals surface area contributed by atoms with Crippen LogP contribution in [0.15, 0.2) is 36.4 Å². The second-order valence-electron chi connectivity index (χ2n) is 4.75. The molecule has 0 aromatic heterocycles. The van der Waals surface area contributed by atoms with Crippen LogP contribution in [0.3, 0.4) is 0 Å². The van der Waals surface area contributed by atoms with Gasteiger partial charge in [-0.15, -0.1) is 0 Å². The summed E-state index contributed by atoms with van der Waals surface area (Å²) in [6, 6.07) is 11.4. The molecule has 0 saturated heterocycles. The van der Waals surface area contributed by atoms with Crippen LogP contribution < -0.4 is 9.47 Å². The Kier molecular flexibility index (Phi) is 4.41. The summed E-state index contributed by atoms with van der Waals surface area (Å²) in [6.45, 7) is 4.59. The van der Waals surface area contributed by atoms with E-state index in [2.05, 4.69) is 32.0 Å². The number of hydrogen-bond donors (Lipinski definition) is 0. The van der Waals surface area contributed by atoms with E-state index < -0.39 is 0 Å². The second-order valence-corrected chi connectivity index (χ2v) is 4.75. The molecule has 0 aliphatic heterocycles. The molecule has 0 atom stereocenters. The van der Waals surface area contributed by atoms with E-state index in [9.17, 15) is 4.79 Å². The third-order valence-corrected chi connectivity index (χ3v) is 3.21. The minimum absolute atomic E-state index is 0.476. The molecule has 2 aromatic rings. The molecule has 0 bridgehead atoms. The molecule has 20 heavy (non-hydrogen) atoms. The molecule has 0 aliphatic rings. The first kappa shape index (κ1) is 14.1. The summed E-state index contributed by atoms with van der Waals surface area (Å²) in [5.41, 5.74) is 4.11. The molecule has 2 rings (SSSR count). The van der Waals surface area contributed by atoms with Crippen molar-refractivity contribution in [2.24, 2.45) is 0 Å². The maximum absolute atomic E-state index is 10.8. The third kappa shape index (κ3) is 3.18. The Bertz CT molecular complexity index is 618. The number of aryl methyl sites for hydroxylation is 2. The van der Waals surface area contributed by atoms with E-state index in [0.29, 0.717) is 23.7 Å². The molecule has 0 saturated carbocycles. The molecule has 0 N–H and O–H groups in total. The number of hydrogen-bond acceptors (Lipinski definition) is 3. The predicted octanol–water partition coefficient (Wildman–Crippen LogP) is 3.70. The summed E-state index contributed by atoms with van der Waals surface area (Å²) in [5, 5.41) is 0. The zero-order valence-corrected chi connectivity index (χ0v) is 12.0. The first-order valence-corrected chi connectivity index (χ1v) is 6.46. The quantitative estimate of drug-likeness (QED) is 0.777. The second kappa shape index (κ2) is 6.24. The lowest BCUT2D eigenvalue weighted by Crippen LogP contribution is -2.00. The standard InChI is InChI=1S/C17H18O3/c1-12-4-5-13(2)15(8-12)11-20-16-7-6-14(10-18)9-17(16)19-3/h4-10H,11H2,1-3H3. The number of benzene rings is 2. The first-order valence-electron chi connectivity index (χ1n) is 6.46. The molecule has 0 unspecified atom stereocenters. The maximum Gasteiger partial charge on any atom is 0.161 e. The van der Waals surface area contributed by atoms with Gasteiger partial charge in [0, 0.05) is 5.56 Å². The first-order chi connectivity index (χ1) is 9.63. The largest absolute Gasteiger partial charge is 0.493 e. The molecule has 104 valence electrons. The highest BCUT2D eigenvalue weighted by Crippen LogP contribution is 2.28. The average Bonchev–Trinajstić information content (AvgIpc) is 2.48. The van der Waals surface area contributed by atoms with Gasteiger partial charge in [-0.05, 0) is 43.2 Å². The van der Waals surface area contributed by atoms with Crippen molar-refractivity contribution >= 4 is 6.29 Å². The van der Waals surface area contributed by atoms with Crippen LogP contribution in [-0.2, 0) is 6.61 Å². The molecule has 2 aromatic carbocycles. The van der Waals surface area contributed by atoms with Crippen LogP contribution in [0.25, 0.3) is 0 Å². The number of ether oxygens (including phenoxy) is 2. The predicted molar refractivity (Wildman–Crippen MR) is 78.6 cm³/mol. The molecular weight excluding hydrogens is 252 g/mol. The molecule has 0 amide bonds. The van der Waals surface area contributed by atoms with Crippen LogP contribution >= 0.6 is 0 Å². The van der Waals surface area contributed by atoms with Crippen molar-refractivity contribution in [2.75, 3.05) is 7.11 Å². The molecule has 0 heterocycles. The van der Waals surface area contributed by atoms with E-state index in [-0.39, 0.29) is 0 Å². The van der Waals surface area contributed by atoms with E-state index in [0.717, 1.165) is 11.8 Å². The van der Waals surface area contributed by atoms with Crippen LogP contribution in [0.2, 0.25) is 0 Å². The summed E-state index contributed by atoms with van der Waals surface area (Å²) < 4.78 is 11.1. The average molecular weight is 270 g/mol. The highest BCUT2D eigenvalue weighted by molar-refractivity contribution is 5.76. The molecule has 0 fully saturated rings. The molecule has 3 heteroatoms. The SMILES string of the molecule is COc1cc(C=O)ccc1OCc1cc(C)ccc1C. The van der Waals surface area contributed by atoms with Gasteiger partial charge in [0.25, 0.3) is 0 Å². The van der Waals surface area contributed by atoms with Crippen LogP contribution in [0.1, 0.15) is 27.0 Å². The van der Waals surface area contributed by atoms with Gasteiger partial charge in [-0.25, -0.2) is 0 Å². The fourth-order valence-corrected chi connectivity index (χ4v) is 1.99. The van der Waals surface area contributed by atoms with Crippen molar-refractivity contribution in [3.05, 3.63) is 58.7 Å². The van der Waals surface area contributed by atoms with E-state index >= 15 is 0 Å². The Morgan fingerprint density at radius 1 is 1.05 bits per heavy atom. The van der Waals surface area contributed by atoms with Crippen LogP contribution in [-0.4, -0.2) is 13.4 Å². The van der Waals surface area contributed by atoms with Gasteiger partial charge in [0.05, 0.1) is 7.11 Å². The minimum Gasteiger partial charge on any atom is -0.493 e. The topological polar surface area (TPSA) is 35.5 Å². The van der Waals surface area contributed by atoms with Gasteiger partial charge in [0.15, 0.2) is 11.5 Å². The number of carbonyl (C=O) groups excluding carboxylic acids is 1. The van der Waals surface area contributed by atoms with Gasteiger partial charge < -0.3 is 9.47 Å². The number of methoxy groups -OCH3 is 1. The number of aldehydes is 1. The molecule has 0 radical (unpaired) electrons. The Morgan fingerprint density at radius 2 is 1.85 bits per heavy atom. The third-order valence-electron chi connectivity index (χ3n) is 3.21. The number of carbonyl (C=O) groups is 1. The summed E-state index contributed by atoms with van der Waals surface area (Å²) in [6.07, 6.45) is 0.789. The monoisotopic (exact) mass is 270 g/mol. The fraction of sp³-hybridized carbons (Fsp3) is 0.235. The Balaban J connectivity index is 2.18. The summed E-state index contributed by atoms with van der Waals surface area (Å²) >= 11 is 0. The fourth-order valence-electron chi connectivity index (χ4n) is 1.99. The normalized spacial score (nSPS) is 10.2. The van der Waals surface area contributed by atoms with E-state index in [1.807, 2.05) is 0 Å². The molecular formula is C17H18O3. The van der Waals surface area contributed by atoms with Crippen molar-refractivity contribution in [2.45, 2.75) is 20.5 Å². The lowest BCUT2D eigenvalue weighted by Gasteiger charge is -2.12. The van der Waals surface area contributed by atoms with Crippen molar-refractivity contribution in [3.63, 3.8) is 0 Å². The van der Waals surface area contributed by atoms with Crippen LogP contribution in [0.4, 0.5) is 0 Å². The molecule has 0 spiro atoms. The smallest absolute Gasteiger partial charge is 0.161 e. The van der Waals surface area contributed by atoms with Crippen molar-refractivity contribution in [1.82, 2.24) is 0 Å². The Labute approximate surface area is 119 Å². The van der Waals surface area contributed by atoms with E-state index in [4.69, 9.17) is 9.47 Å². The van der Waals surface area contributed by atoms with E-state index in [1.165, 1.54) is 11.1 Å². The zero-order valence-electron chi connectivity index (χ0n) is 12.0. The van der Waals surface area contributed by atoms with Gasteiger partial charge in [-0.2, -0.15) is 0 Å². The summed E-state index contributed by atoms with van der Waals surface area (Å²) in [4.78, 5) is 10.8. The Hall–Kier alpha value is -2.29. The van der Waals surface area contributed by atoms with Crippen LogP contribution in [0.5, 0.6) is 11.5 Å². The van der Waals surface area contributed by atoms with Crippen molar-refractivity contribution in [1.29, 1.82) is 0 Å².